The normalized spacial score (nSPS) is 10.7. The van der Waals surface area contributed by atoms with Crippen LogP contribution in [0, 0.1) is 6.92 Å². The number of carbonyl (C=O) groups is 1. The van der Waals surface area contributed by atoms with Crippen LogP contribution in [0.15, 0.2) is 47.4 Å². The Morgan fingerprint density at radius 1 is 0.963 bits per heavy atom. The molecule has 0 aliphatic heterocycles. The van der Waals surface area contributed by atoms with Gasteiger partial charge in [0.2, 0.25) is 0 Å². The number of thioether (sulfide) groups is 1. The number of hydrogen-bond acceptors (Lipinski definition) is 6. The maximum absolute atomic E-state index is 12.8. The SMILES string of the molecule is COc1ccc(OC)c(C(=O)CSc2cc(C)nc3ccc(OC)cc23)c1. The van der Waals surface area contributed by atoms with Gasteiger partial charge in [-0.05, 0) is 49.4 Å². The van der Waals surface area contributed by atoms with E-state index in [1.54, 1.807) is 39.5 Å². The Balaban J connectivity index is 1.89. The molecule has 0 spiro atoms. The number of fused-ring (bicyclic) bond motifs is 1. The van der Waals surface area contributed by atoms with Crippen molar-refractivity contribution in [2.24, 2.45) is 0 Å². The summed E-state index contributed by atoms with van der Waals surface area (Å²) in [5.74, 6) is 2.18. The molecule has 0 saturated heterocycles. The van der Waals surface area contributed by atoms with Crippen LogP contribution in [-0.4, -0.2) is 37.8 Å². The molecule has 0 aliphatic rings. The lowest BCUT2D eigenvalue weighted by Crippen LogP contribution is -2.05. The van der Waals surface area contributed by atoms with Crippen molar-refractivity contribution >= 4 is 28.4 Å². The highest BCUT2D eigenvalue weighted by Crippen LogP contribution is 2.32. The summed E-state index contributed by atoms with van der Waals surface area (Å²) in [5.41, 5.74) is 2.29. The molecule has 1 aromatic heterocycles. The van der Waals surface area contributed by atoms with Gasteiger partial charge in [0.05, 0.1) is 38.2 Å². The van der Waals surface area contributed by atoms with Crippen molar-refractivity contribution in [3.63, 3.8) is 0 Å². The average Bonchev–Trinajstić information content (AvgIpc) is 2.70. The van der Waals surface area contributed by atoms with E-state index in [0.717, 1.165) is 27.2 Å². The van der Waals surface area contributed by atoms with Crippen LogP contribution in [0.5, 0.6) is 17.2 Å². The summed E-state index contributed by atoms with van der Waals surface area (Å²) < 4.78 is 15.9. The van der Waals surface area contributed by atoms with E-state index in [1.165, 1.54) is 11.8 Å². The summed E-state index contributed by atoms with van der Waals surface area (Å²) in [7, 11) is 4.76. The van der Waals surface area contributed by atoms with E-state index in [4.69, 9.17) is 14.2 Å². The molecule has 6 heteroatoms. The Bertz CT molecular complexity index is 987. The van der Waals surface area contributed by atoms with E-state index in [0.29, 0.717) is 17.1 Å². The number of benzene rings is 2. The zero-order valence-electron chi connectivity index (χ0n) is 15.7. The number of hydrogen-bond donors (Lipinski definition) is 0. The molecule has 3 aromatic rings. The Morgan fingerprint density at radius 3 is 2.37 bits per heavy atom. The highest BCUT2D eigenvalue weighted by Gasteiger charge is 2.15. The molecule has 5 nitrogen and oxygen atoms in total. The number of ketones is 1. The van der Waals surface area contributed by atoms with Gasteiger partial charge < -0.3 is 14.2 Å². The highest BCUT2D eigenvalue weighted by atomic mass is 32.2. The Morgan fingerprint density at radius 2 is 1.67 bits per heavy atom. The summed E-state index contributed by atoms with van der Waals surface area (Å²) in [5, 5.41) is 0.968. The smallest absolute Gasteiger partial charge is 0.176 e. The maximum Gasteiger partial charge on any atom is 0.176 e. The summed E-state index contributed by atoms with van der Waals surface area (Å²) in [6.45, 7) is 1.95. The predicted octanol–water partition coefficient (Wildman–Crippen LogP) is 4.54. The zero-order chi connectivity index (χ0) is 19.4. The third-order valence-corrected chi connectivity index (χ3v) is 5.23. The van der Waals surface area contributed by atoms with E-state index in [1.807, 2.05) is 31.2 Å². The van der Waals surface area contributed by atoms with E-state index in [2.05, 4.69) is 4.98 Å². The number of Topliss-reactive ketones (excluding diaryl/α,β-unsaturated/α-hetero) is 1. The first-order chi connectivity index (χ1) is 13.0. The van der Waals surface area contributed by atoms with Crippen molar-refractivity contribution in [1.82, 2.24) is 4.98 Å². The highest BCUT2D eigenvalue weighted by molar-refractivity contribution is 8.00. The molecule has 0 aliphatic carbocycles. The summed E-state index contributed by atoms with van der Waals surface area (Å²) in [6, 6.07) is 13.0. The second-order valence-corrected chi connectivity index (χ2v) is 6.94. The molecule has 140 valence electrons. The molecule has 0 radical (unpaired) electrons. The molecule has 27 heavy (non-hydrogen) atoms. The fourth-order valence-electron chi connectivity index (χ4n) is 2.80. The van der Waals surface area contributed by atoms with Gasteiger partial charge in [-0.3, -0.25) is 9.78 Å². The predicted molar refractivity (Wildman–Crippen MR) is 108 cm³/mol. The van der Waals surface area contributed by atoms with Crippen molar-refractivity contribution in [3.8, 4) is 17.2 Å². The van der Waals surface area contributed by atoms with Crippen LogP contribution in [0.3, 0.4) is 0 Å². The number of methoxy groups -OCH3 is 3. The first kappa shape index (κ1) is 19.0. The minimum absolute atomic E-state index is 0.0266. The van der Waals surface area contributed by atoms with Gasteiger partial charge in [0.1, 0.15) is 17.2 Å². The fraction of sp³-hybridized carbons (Fsp3) is 0.238. The van der Waals surface area contributed by atoms with Crippen LogP contribution in [0.2, 0.25) is 0 Å². The lowest BCUT2D eigenvalue weighted by Gasteiger charge is -2.11. The van der Waals surface area contributed by atoms with Crippen LogP contribution in [-0.2, 0) is 0 Å². The number of nitrogens with zero attached hydrogens (tertiary/aromatic N) is 1. The summed E-state index contributed by atoms with van der Waals surface area (Å²) in [4.78, 5) is 18.4. The quantitative estimate of drug-likeness (QED) is 0.441. The third kappa shape index (κ3) is 4.17. The molecule has 3 rings (SSSR count). The van der Waals surface area contributed by atoms with Gasteiger partial charge in [0.15, 0.2) is 5.78 Å². The second-order valence-electron chi connectivity index (χ2n) is 5.92. The second kappa shape index (κ2) is 8.31. The van der Waals surface area contributed by atoms with E-state index >= 15 is 0 Å². The average molecular weight is 383 g/mol. The number of ether oxygens (including phenoxy) is 3. The number of aryl methyl sites for hydroxylation is 1. The van der Waals surface area contributed by atoms with E-state index in [9.17, 15) is 4.79 Å². The van der Waals surface area contributed by atoms with E-state index < -0.39 is 0 Å². The minimum Gasteiger partial charge on any atom is -0.497 e. The Hall–Kier alpha value is -2.73. The monoisotopic (exact) mass is 383 g/mol. The Kier molecular flexibility index (Phi) is 5.86. The Labute approximate surface area is 162 Å². The number of carbonyl (C=O) groups excluding carboxylic acids is 1. The lowest BCUT2D eigenvalue weighted by molar-refractivity contribution is 0.101. The van der Waals surface area contributed by atoms with Crippen LogP contribution in [0.1, 0.15) is 16.1 Å². The molecule has 2 aromatic carbocycles. The molecule has 0 saturated carbocycles. The summed E-state index contributed by atoms with van der Waals surface area (Å²) >= 11 is 1.48. The van der Waals surface area contributed by atoms with Crippen molar-refractivity contribution < 1.29 is 19.0 Å². The number of rotatable bonds is 7. The molecule has 0 atom stereocenters. The summed E-state index contributed by atoms with van der Waals surface area (Å²) in [6.07, 6.45) is 0. The van der Waals surface area contributed by atoms with Crippen LogP contribution >= 0.6 is 11.8 Å². The molecule has 0 amide bonds. The molecule has 0 bridgehead atoms. The molecule has 1 heterocycles. The van der Waals surface area contributed by atoms with Crippen LogP contribution in [0.25, 0.3) is 10.9 Å². The molecular formula is C21H21NO4S. The van der Waals surface area contributed by atoms with Gasteiger partial charge in [-0.2, -0.15) is 0 Å². The van der Waals surface area contributed by atoms with Crippen LogP contribution < -0.4 is 14.2 Å². The maximum atomic E-state index is 12.8. The largest absolute Gasteiger partial charge is 0.497 e. The van der Waals surface area contributed by atoms with Crippen molar-refractivity contribution in [2.75, 3.05) is 27.1 Å². The van der Waals surface area contributed by atoms with E-state index in [-0.39, 0.29) is 11.5 Å². The third-order valence-electron chi connectivity index (χ3n) is 4.17. The van der Waals surface area contributed by atoms with Crippen LogP contribution in [0.4, 0.5) is 0 Å². The van der Waals surface area contributed by atoms with Crippen molar-refractivity contribution in [3.05, 3.63) is 53.7 Å². The molecule has 0 fully saturated rings. The number of aromatic nitrogens is 1. The van der Waals surface area contributed by atoms with Gasteiger partial charge in [0.25, 0.3) is 0 Å². The lowest BCUT2D eigenvalue weighted by atomic mass is 10.1. The van der Waals surface area contributed by atoms with Gasteiger partial charge in [-0.25, -0.2) is 0 Å². The van der Waals surface area contributed by atoms with Gasteiger partial charge in [0, 0.05) is 16.0 Å². The first-order valence-corrected chi connectivity index (χ1v) is 9.37. The van der Waals surface area contributed by atoms with Gasteiger partial charge in [-0.1, -0.05) is 0 Å². The minimum atomic E-state index is -0.0266. The molecular weight excluding hydrogens is 362 g/mol. The standard InChI is InChI=1S/C21H21NO4S/c1-13-9-21(16-10-14(24-2)5-7-18(16)22-13)27-12-19(23)17-11-15(25-3)6-8-20(17)26-4/h5-11H,12H2,1-4H3. The first-order valence-electron chi connectivity index (χ1n) is 8.39. The van der Waals surface area contributed by atoms with Gasteiger partial charge in [-0.15, -0.1) is 11.8 Å². The zero-order valence-corrected chi connectivity index (χ0v) is 16.6. The fourth-order valence-corrected chi connectivity index (χ4v) is 3.81. The topological polar surface area (TPSA) is 57.7 Å². The van der Waals surface area contributed by atoms with Gasteiger partial charge >= 0.3 is 0 Å². The molecule has 0 N–H and O–H groups in total. The van der Waals surface area contributed by atoms with Crippen molar-refractivity contribution in [2.45, 2.75) is 11.8 Å². The van der Waals surface area contributed by atoms with Crippen molar-refractivity contribution in [1.29, 1.82) is 0 Å². The molecule has 0 unspecified atom stereocenters. The number of pyridine rings is 1.